The third kappa shape index (κ3) is 1.93. The first-order valence-electron chi connectivity index (χ1n) is 6.16. The average Bonchev–Trinajstić information content (AvgIpc) is 2.47. The smallest absolute Gasteiger partial charge is 0.354 e. The van der Waals surface area contributed by atoms with Gasteiger partial charge in [-0.25, -0.2) is 9.18 Å². The molecule has 0 unspecified atom stereocenters. The molecule has 0 aliphatic rings. The molecule has 0 saturated heterocycles. The van der Waals surface area contributed by atoms with Crippen LogP contribution >= 0.6 is 0 Å². The van der Waals surface area contributed by atoms with Crippen LogP contribution in [0, 0.1) is 5.82 Å². The van der Waals surface area contributed by atoms with Crippen molar-refractivity contribution in [1.82, 2.24) is 9.55 Å². The van der Waals surface area contributed by atoms with Crippen molar-refractivity contribution >= 4 is 16.7 Å². The van der Waals surface area contributed by atoms with Gasteiger partial charge in [-0.2, -0.15) is 4.98 Å². The summed E-state index contributed by atoms with van der Waals surface area (Å²) in [6, 6.07) is 13.4. The van der Waals surface area contributed by atoms with Gasteiger partial charge in [-0.3, -0.25) is 4.57 Å². The summed E-state index contributed by atoms with van der Waals surface area (Å²) in [6.07, 6.45) is 0. The van der Waals surface area contributed by atoms with Gasteiger partial charge in [0.05, 0.1) is 11.2 Å². The van der Waals surface area contributed by atoms with Crippen LogP contribution in [-0.4, -0.2) is 16.6 Å². The molecule has 0 saturated carbocycles. The minimum absolute atomic E-state index is 0.394. The summed E-state index contributed by atoms with van der Waals surface area (Å²) >= 11 is 0. The van der Waals surface area contributed by atoms with Gasteiger partial charge < -0.3 is 5.32 Å². The Morgan fingerprint density at radius 2 is 1.90 bits per heavy atom. The third-order valence-corrected chi connectivity index (χ3v) is 3.11. The molecule has 0 radical (unpaired) electrons. The van der Waals surface area contributed by atoms with Gasteiger partial charge in [0.2, 0.25) is 0 Å². The van der Waals surface area contributed by atoms with Crippen molar-refractivity contribution in [3.05, 3.63) is 64.8 Å². The highest BCUT2D eigenvalue weighted by Crippen LogP contribution is 2.22. The van der Waals surface area contributed by atoms with Gasteiger partial charge in [-0.05, 0) is 30.3 Å². The van der Waals surface area contributed by atoms with Gasteiger partial charge in [-0.1, -0.05) is 18.2 Å². The molecule has 0 atom stereocenters. The fourth-order valence-electron chi connectivity index (χ4n) is 2.22. The van der Waals surface area contributed by atoms with Crippen LogP contribution in [0.3, 0.4) is 0 Å². The molecule has 3 aromatic rings. The van der Waals surface area contributed by atoms with E-state index in [2.05, 4.69) is 10.3 Å². The summed E-state index contributed by atoms with van der Waals surface area (Å²) in [5, 5.41) is 3.55. The zero-order chi connectivity index (χ0) is 14.1. The Labute approximate surface area is 114 Å². The lowest BCUT2D eigenvalue weighted by Crippen LogP contribution is -2.23. The van der Waals surface area contributed by atoms with Crippen molar-refractivity contribution in [2.45, 2.75) is 0 Å². The summed E-state index contributed by atoms with van der Waals surface area (Å²) in [5.41, 5.74) is 0.697. The van der Waals surface area contributed by atoms with Crippen molar-refractivity contribution in [2.75, 3.05) is 12.4 Å². The number of para-hydroxylation sites is 1. The minimum Gasteiger partial charge on any atom is -0.372 e. The maximum Gasteiger partial charge on any atom is 0.354 e. The molecule has 0 amide bonds. The molecular formula is C15H12FN3O. The van der Waals surface area contributed by atoms with E-state index in [1.165, 1.54) is 16.7 Å². The standard InChI is InChI=1S/C15H12FN3O/c1-17-14-12-8-7-10(16)9-13(12)19(15(20)18-14)11-5-3-2-4-6-11/h2-9H,1H3,(H,17,18,20). The second-order valence-electron chi connectivity index (χ2n) is 4.33. The van der Waals surface area contributed by atoms with Gasteiger partial charge in [-0.15, -0.1) is 0 Å². The normalized spacial score (nSPS) is 10.7. The highest BCUT2D eigenvalue weighted by Gasteiger charge is 2.11. The second-order valence-corrected chi connectivity index (χ2v) is 4.33. The van der Waals surface area contributed by atoms with E-state index >= 15 is 0 Å². The Morgan fingerprint density at radius 1 is 1.15 bits per heavy atom. The molecule has 0 spiro atoms. The van der Waals surface area contributed by atoms with Crippen LogP contribution in [0.15, 0.2) is 53.3 Å². The maximum absolute atomic E-state index is 13.5. The Kier molecular flexibility index (Phi) is 2.95. The molecule has 1 N–H and O–H groups in total. The number of hydrogen-bond acceptors (Lipinski definition) is 3. The number of fused-ring (bicyclic) bond motifs is 1. The second kappa shape index (κ2) is 4.77. The van der Waals surface area contributed by atoms with Crippen LogP contribution in [0.25, 0.3) is 16.6 Å². The lowest BCUT2D eigenvalue weighted by Gasteiger charge is -2.12. The molecular weight excluding hydrogens is 257 g/mol. The van der Waals surface area contributed by atoms with Crippen molar-refractivity contribution in [1.29, 1.82) is 0 Å². The average molecular weight is 269 g/mol. The van der Waals surface area contributed by atoms with Gasteiger partial charge in [0.15, 0.2) is 0 Å². The number of nitrogens with zero attached hydrogens (tertiary/aromatic N) is 2. The van der Waals surface area contributed by atoms with Crippen LogP contribution in [0.1, 0.15) is 0 Å². The third-order valence-electron chi connectivity index (χ3n) is 3.11. The van der Waals surface area contributed by atoms with Crippen molar-refractivity contribution in [3.8, 4) is 5.69 Å². The zero-order valence-electron chi connectivity index (χ0n) is 10.8. The van der Waals surface area contributed by atoms with Crippen LogP contribution in [0.4, 0.5) is 10.2 Å². The highest BCUT2D eigenvalue weighted by atomic mass is 19.1. The summed E-state index contributed by atoms with van der Waals surface area (Å²) in [5.74, 6) is 0.0482. The Balaban J connectivity index is 2.46. The van der Waals surface area contributed by atoms with Gasteiger partial charge in [0.1, 0.15) is 11.6 Å². The summed E-state index contributed by atoms with van der Waals surface area (Å²) < 4.78 is 14.9. The molecule has 4 nitrogen and oxygen atoms in total. The number of nitrogens with one attached hydrogen (secondary N) is 1. The van der Waals surface area contributed by atoms with E-state index in [9.17, 15) is 9.18 Å². The van der Waals surface area contributed by atoms with Gasteiger partial charge >= 0.3 is 5.69 Å². The molecule has 0 bridgehead atoms. The van der Waals surface area contributed by atoms with E-state index in [0.717, 1.165) is 0 Å². The van der Waals surface area contributed by atoms with Crippen molar-refractivity contribution in [3.63, 3.8) is 0 Å². The van der Waals surface area contributed by atoms with E-state index in [-0.39, 0.29) is 0 Å². The first-order chi connectivity index (χ1) is 9.70. The van der Waals surface area contributed by atoms with E-state index in [1.807, 2.05) is 18.2 Å². The minimum atomic E-state index is -0.446. The molecule has 1 heterocycles. The number of aromatic nitrogens is 2. The highest BCUT2D eigenvalue weighted by molar-refractivity contribution is 5.90. The molecule has 0 aliphatic carbocycles. The summed E-state index contributed by atoms with van der Waals surface area (Å²) in [4.78, 5) is 16.2. The molecule has 20 heavy (non-hydrogen) atoms. The SMILES string of the molecule is CNc1nc(=O)n(-c2ccccc2)c2cc(F)ccc12. The maximum atomic E-state index is 13.5. The van der Waals surface area contributed by atoms with Crippen LogP contribution < -0.4 is 11.0 Å². The van der Waals surface area contributed by atoms with Crippen LogP contribution in [-0.2, 0) is 0 Å². The lowest BCUT2D eigenvalue weighted by atomic mass is 10.2. The molecule has 100 valence electrons. The van der Waals surface area contributed by atoms with Crippen molar-refractivity contribution < 1.29 is 4.39 Å². The van der Waals surface area contributed by atoms with E-state index in [1.54, 1.807) is 25.2 Å². The van der Waals surface area contributed by atoms with Crippen LogP contribution in [0.5, 0.6) is 0 Å². The first-order valence-corrected chi connectivity index (χ1v) is 6.16. The largest absolute Gasteiger partial charge is 0.372 e. The van der Waals surface area contributed by atoms with E-state index < -0.39 is 11.5 Å². The van der Waals surface area contributed by atoms with Crippen LogP contribution in [0.2, 0.25) is 0 Å². The number of halogens is 1. The molecule has 2 aromatic carbocycles. The molecule has 0 aliphatic heterocycles. The fourth-order valence-corrected chi connectivity index (χ4v) is 2.22. The summed E-state index contributed by atoms with van der Waals surface area (Å²) in [7, 11) is 1.68. The molecule has 1 aromatic heterocycles. The number of hydrogen-bond donors (Lipinski definition) is 1. The van der Waals surface area contributed by atoms with Crippen molar-refractivity contribution in [2.24, 2.45) is 0 Å². The first kappa shape index (κ1) is 12.3. The van der Waals surface area contributed by atoms with E-state index in [4.69, 9.17) is 0 Å². The van der Waals surface area contributed by atoms with Gasteiger partial charge in [0.25, 0.3) is 0 Å². The zero-order valence-corrected chi connectivity index (χ0v) is 10.8. The Hall–Kier alpha value is -2.69. The molecule has 5 heteroatoms. The summed E-state index contributed by atoms with van der Waals surface area (Å²) in [6.45, 7) is 0. The number of anilines is 1. The molecule has 0 fully saturated rings. The Bertz CT molecular complexity index is 828. The molecule has 3 rings (SSSR count). The number of rotatable bonds is 2. The Morgan fingerprint density at radius 3 is 2.60 bits per heavy atom. The van der Waals surface area contributed by atoms with E-state index in [0.29, 0.717) is 22.4 Å². The topological polar surface area (TPSA) is 46.9 Å². The monoisotopic (exact) mass is 269 g/mol. The fraction of sp³-hybridized carbons (Fsp3) is 0.0667. The predicted molar refractivity (Wildman–Crippen MR) is 76.8 cm³/mol. The van der Waals surface area contributed by atoms with Gasteiger partial charge in [0, 0.05) is 12.4 Å². The lowest BCUT2D eigenvalue weighted by molar-refractivity contribution is 0.629. The number of benzene rings is 2. The quantitative estimate of drug-likeness (QED) is 0.777. The predicted octanol–water partition coefficient (Wildman–Crippen LogP) is 2.57.